The molecular formula is C20H25ClN2O3. The molecule has 0 saturated carbocycles. The minimum absolute atomic E-state index is 0. The molecule has 2 aromatic rings. The third-order valence-electron chi connectivity index (χ3n) is 4.46. The van der Waals surface area contributed by atoms with Gasteiger partial charge in [-0.05, 0) is 17.7 Å². The van der Waals surface area contributed by atoms with Gasteiger partial charge in [-0.15, -0.1) is 12.4 Å². The summed E-state index contributed by atoms with van der Waals surface area (Å²) in [4.78, 5) is 12.6. The van der Waals surface area contributed by atoms with Crippen molar-refractivity contribution in [1.82, 2.24) is 0 Å². The lowest BCUT2D eigenvalue weighted by atomic mass is 9.94. The van der Waals surface area contributed by atoms with E-state index >= 15 is 0 Å². The van der Waals surface area contributed by atoms with Gasteiger partial charge in [-0.1, -0.05) is 49.4 Å². The quantitative estimate of drug-likeness (QED) is 0.808. The number of halogens is 1. The second-order valence-electron chi connectivity index (χ2n) is 6.31. The van der Waals surface area contributed by atoms with Gasteiger partial charge >= 0.3 is 0 Å². The Balaban J connectivity index is 0.00000243. The van der Waals surface area contributed by atoms with E-state index in [0.717, 1.165) is 12.0 Å². The fraction of sp³-hybridized carbons (Fsp3) is 0.350. The number of rotatable bonds is 6. The Hall–Kier alpha value is -2.08. The van der Waals surface area contributed by atoms with Crippen LogP contribution in [0.5, 0.6) is 5.75 Å². The Labute approximate surface area is 160 Å². The Morgan fingerprint density at radius 2 is 1.88 bits per heavy atom. The zero-order valence-corrected chi connectivity index (χ0v) is 15.6. The molecule has 1 fully saturated rings. The van der Waals surface area contributed by atoms with Crippen LogP contribution in [0.1, 0.15) is 24.9 Å². The first-order valence-corrected chi connectivity index (χ1v) is 8.60. The van der Waals surface area contributed by atoms with Crippen molar-refractivity contribution in [2.75, 3.05) is 18.5 Å². The molecule has 0 spiro atoms. The van der Waals surface area contributed by atoms with Crippen LogP contribution in [-0.2, 0) is 9.53 Å². The summed E-state index contributed by atoms with van der Waals surface area (Å²) in [5.41, 5.74) is 7.86. The second kappa shape index (κ2) is 9.57. The van der Waals surface area contributed by atoms with Crippen LogP contribution in [0.25, 0.3) is 0 Å². The Kier molecular flexibility index (Phi) is 7.45. The summed E-state index contributed by atoms with van der Waals surface area (Å²) in [7, 11) is 0. The van der Waals surface area contributed by atoms with Gasteiger partial charge in [0.2, 0.25) is 5.91 Å². The summed E-state index contributed by atoms with van der Waals surface area (Å²) in [6, 6.07) is 16.7. The van der Waals surface area contributed by atoms with Crippen molar-refractivity contribution in [3.8, 4) is 5.75 Å². The van der Waals surface area contributed by atoms with Gasteiger partial charge in [0.25, 0.3) is 0 Å². The molecule has 3 rings (SSSR count). The molecule has 2 aromatic carbocycles. The van der Waals surface area contributed by atoms with E-state index in [4.69, 9.17) is 15.2 Å². The molecule has 1 amide bonds. The number of amides is 1. The fourth-order valence-electron chi connectivity index (χ4n) is 2.83. The number of nitrogens with one attached hydrogen (secondary N) is 1. The highest BCUT2D eigenvalue weighted by atomic mass is 35.5. The van der Waals surface area contributed by atoms with Crippen LogP contribution < -0.4 is 15.8 Å². The number of nitrogens with two attached hydrogens (primary N) is 1. The number of hydrogen-bond acceptors (Lipinski definition) is 4. The van der Waals surface area contributed by atoms with E-state index in [1.54, 1.807) is 0 Å². The van der Waals surface area contributed by atoms with Crippen molar-refractivity contribution in [3.63, 3.8) is 0 Å². The van der Waals surface area contributed by atoms with Gasteiger partial charge in [0.05, 0.1) is 24.8 Å². The van der Waals surface area contributed by atoms with Crippen LogP contribution in [0.15, 0.2) is 54.6 Å². The van der Waals surface area contributed by atoms with Crippen molar-refractivity contribution in [2.24, 2.45) is 11.7 Å². The lowest BCUT2D eigenvalue weighted by Gasteiger charge is -2.21. The summed E-state index contributed by atoms with van der Waals surface area (Å²) in [6.07, 6.45) is 0.888. The summed E-state index contributed by atoms with van der Waals surface area (Å²) >= 11 is 0. The Bertz CT molecular complexity index is 705. The molecule has 5 nitrogen and oxygen atoms in total. The van der Waals surface area contributed by atoms with Crippen molar-refractivity contribution in [3.05, 3.63) is 60.2 Å². The summed E-state index contributed by atoms with van der Waals surface area (Å²) < 4.78 is 11.3. The topological polar surface area (TPSA) is 73.6 Å². The van der Waals surface area contributed by atoms with Gasteiger partial charge in [-0.25, -0.2) is 0 Å². The lowest BCUT2D eigenvalue weighted by Crippen LogP contribution is -2.30. The zero-order chi connectivity index (χ0) is 17.6. The van der Waals surface area contributed by atoms with E-state index < -0.39 is 0 Å². The summed E-state index contributed by atoms with van der Waals surface area (Å²) in [5.74, 6) is 0.159. The zero-order valence-electron chi connectivity index (χ0n) is 14.8. The van der Waals surface area contributed by atoms with Crippen molar-refractivity contribution < 1.29 is 14.3 Å². The number of para-hydroxylation sites is 2. The standard InChI is InChI=1S/C20H24N2O3.ClH/c1-14(19(21)15-7-3-2-4-8-15)20(23)22-17-9-5-6-10-18(17)25-16-11-12-24-13-16;/h2-10,14,16,19H,11-13,21H2,1H3,(H,22,23);1H. The van der Waals surface area contributed by atoms with E-state index in [9.17, 15) is 4.79 Å². The van der Waals surface area contributed by atoms with Gasteiger partial charge in [-0.2, -0.15) is 0 Å². The Morgan fingerprint density at radius 3 is 2.58 bits per heavy atom. The monoisotopic (exact) mass is 376 g/mol. The molecule has 1 aliphatic heterocycles. The van der Waals surface area contributed by atoms with Crippen molar-refractivity contribution >= 4 is 24.0 Å². The maximum atomic E-state index is 12.6. The highest BCUT2D eigenvalue weighted by molar-refractivity contribution is 5.94. The van der Waals surface area contributed by atoms with Crippen LogP contribution in [-0.4, -0.2) is 25.2 Å². The third kappa shape index (κ3) is 4.97. The van der Waals surface area contributed by atoms with Gasteiger partial charge in [0.15, 0.2) is 0 Å². The molecular weight excluding hydrogens is 352 g/mol. The van der Waals surface area contributed by atoms with E-state index in [0.29, 0.717) is 24.7 Å². The predicted octanol–water partition coefficient (Wildman–Crippen LogP) is 3.55. The van der Waals surface area contributed by atoms with Gasteiger partial charge in [0, 0.05) is 12.5 Å². The first kappa shape index (κ1) is 20.2. The average molecular weight is 377 g/mol. The molecule has 0 aliphatic carbocycles. The Morgan fingerprint density at radius 1 is 1.19 bits per heavy atom. The molecule has 6 heteroatoms. The summed E-state index contributed by atoms with van der Waals surface area (Å²) in [6.45, 7) is 3.13. The van der Waals surface area contributed by atoms with E-state index in [-0.39, 0.29) is 36.4 Å². The van der Waals surface area contributed by atoms with Crippen LogP contribution in [0, 0.1) is 5.92 Å². The van der Waals surface area contributed by atoms with Crippen LogP contribution in [0.4, 0.5) is 5.69 Å². The number of anilines is 1. The van der Waals surface area contributed by atoms with Crippen LogP contribution >= 0.6 is 12.4 Å². The predicted molar refractivity (Wildman–Crippen MR) is 105 cm³/mol. The van der Waals surface area contributed by atoms with E-state index in [1.165, 1.54) is 0 Å². The van der Waals surface area contributed by atoms with Gasteiger partial charge < -0.3 is 20.5 Å². The highest BCUT2D eigenvalue weighted by Crippen LogP contribution is 2.28. The molecule has 0 aromatic heterocycles. The van der Waals surface area contributed by atoms with Crippen LogP contribution in [0.2, 0.25) is 0 Å². The number of carbonyl (C=O) groups is 1. The minimum Gasteiger partial charge on any atom is -0.486 e. The van der Waals surface area contributed by atoms with Crippen molar-refractivity contribution in [2.45, 2.75) is 25.5 Å². The first-order valence-electron chi connectivity index (χ1n) is 8.60. The van der Waals surface area contributed by atoms with E-state index in [1.807, 2.05) is 61.5 Å². The molecule has 0 bridgehead atoms. The molecule has 1 heterocycles. The third-order valence-corrected chi connectivity index (χ3v) is 4.46. The average Bonchev–Trinajstić information content (AvgIpc) is 3.16. The maximum Gasteiger partial charge on any atom is 0.229 e. The highest BCUT2D eigenvalue weighted by Gasteiger charge is 2.24. The van der Waals surface area contributed by atoms with Crippen molar-refractivity contribution in [1.29, 1.82) is 0 Å². The normalized spacial score (nSPS) is 18.5. The van der Waals surface area contributed by atoms with Gasteiger partial charge in [-0.3, -0.25) is 4.79 Å². The molecule has 140 valence electrons. The molecule has 0 radical (unpaired) electrons. The van der Waals surface area contributed by atoms with E-state index in [2.05, 4.69) is 5.32 Å². The molecule has 26 heavy (non-hydrogen) atoms. The second-order valence-corrected chi connectivity index (χ2v) is 6.31. The molecule has 3 atom stereocenters. The number of benzene rings is 2. The molecule has 1 saturated heterocycles. The lowest BCUT2D eigenvalue weighted by molar-refractivity contribution is -0.120. The number of carbonyl (C=O) groups excluding carboxylic acids is 1. The van der Waals surface area contributed by atoms with Gasteiger partial charge in [0.1, 0.15) is 11.9 Å². The SMILES string of the molecule is CC(C(=O)Nc1ccccc1OC1CCOC1)C(N)c1ccccc1.Cl. The smallest absolute Gasteiger partial charge is 0.229 e. The number of ether oxygens (including phenoxy) is 2. The largest absolute Gasteiger partial charge is 0.486 e. The maximum absolute atomic E-state index is 12.6. The minimum atomic E-state index is -0.370. The van der Waals surface area contributed by atoms with Crippen LogP contribution in [0.3, 0.4) is 0 Å². The molecule has 1 aliphatic rings. The number of hydrogen-bond donors (Lipinski definition) is 2. The summed E-state index contributed by atoms with van der Waals surface area (Å²) in [5, 5.41) is 2.95. The fourth-order valence-corrected chi connectivity index (χ4v) is 2.83. The molecule has 3 N–H and O–H groups in total. The molecule has 3 unspecified atom stereocenters. The first-order chi connectivity index (χ1) is 12.1.